The molecule has 0 aromatic rings. The summed E-state index contributed by atoms with van der Waals surface area (Å²) in [5.74, 6) is 1.84. The summed E-state index contributed by atoms with van der Waals surface area (Å²) in [6.45, 7) is 6.88. The lowest BCUT2D eigenvalue weighted by Gasteiger charge is -2.35. The second kappa shape index (κ2) is 10.1. The van der Waals surface area contributed by atoms with Crippen LogP contribution in [0.5, 0.6) is 0 Å². The van der Waals surface area contributed by atoms with Crippen molar-refractivity contribution in [3.05, 3.63) is 11.8 Å². The van der Waals surface area contributed by atoms with E-state index in [1.807, 2.05) is 0 Å². The van der Waals surface area contributed by atoms with Crippen molar-refractivity contribution in [3.63, 3.8) is 0 Å². The molecule has 0 N–H and O–H groups in total. The van der Waals surface area contributed by atoms with E-state index in [1.54, 1.807) is 0 Å². The minimum absolute atomic E-state index is 0.574. The average Bonchev–Trinajstić information content (AvgIpc) is 2.46. The van der Waals surface area contributed by atoms with Gasteiger partial charge < -0.3 is 4.43 Å². The molecular weight excluding hydrogens is 274 g/mol. The fourth-order valence-corrected chi connectivity index (χ4v) is 8.22. The highest BCUT2D eigenvalue weighted by atomic mass is 28.4. The largest absolute Gasteiger partial charge is 0.547 e. The molecule has 0 aliphatic heterocycles. The SMILES string of the molecule is CCC[Si](CCC)(CCC)OC1=CC(CCC#N)CCC1. The second-order valence-corrected chi connectivity index (χ2v) is 10.6. The molecule has 21 heavy (non-hydrogen) atoms. The average molecular weight is 308 g/mol. The van der Waals surface area contributed by atoms with Crippen LogP contribution in [0.3, 0.4) is 0 Å². The van der Waals surface area contributed by atoms with Gasteiger partial charge in [-0.1, -0.05) is 40.0 Å². The summed E-state index contributed by atoms with van der Waals surface area (Å²) in [6.07, 6.45) is 11.4. The number of allylic oxidation sites excluding steroid dienone is 2. The highest BCUT2D eigenvalue weighted by Gasteiger charge is 2.35. The lowest BCUT2D eigenvalue weighted by atomic mass is 9.91. The molecule has 0 bridgehead atoms. The molecule has 0 fully saturated rings. The van der Waals surface area contributed by atoms with Gasteiger partial charge in [-0.15, -0.1) is 0 Å². The molecule has 1 aliphatic rings. The number of hydrogen-bond acceptors (Lipinski definition) is 2. The summed E-state index contributed by atoms with van der Waals surface area (Å²) >= 11 is 0. The summed E-state index contributed by atoms with van der Waals surface area (Å²) in [5, 5.41) is 8.76. The molecule has 1 unspecified atom stereocenters. The van der Waals surface area contributed by atoms with Gasteiger partial charge in [0.15, 0.2) is 0 Å². The Kier molecular flexibility index (Phi) is 8.76. The summed E-state index contributed by atoms with van der Waals surface area (Å²) < 4.78 is 6.73. The molecule has 0 saturated heterocycles. The third kappa shape index (κ3) is 6.26. The molecule has 0 spiro atoms. The van der Waals surface area contributed by atoms with Crippen LogP contribution in [0.2, 0.25) is 18.1 Å². The molecular formula is C18H33NOSi. The Morgan fingerprint density at radius 2 is 1.81 bits per heavy atom. The first-order chi connectivity index (χ1) is 10.2. The first-order valence-corrected chi connectivity index (χ1v) is 11.5. The molecule has 3 heteroatoms. The van der Waals surface area contributed by atoms with Crippen molar-refractivity contribution in [2.75, 3.05) is 0 Å². The molecule has 1 rings (SSSR count). The predicted octanol–water partition coefficient (Wildman–Crippen LogP) is 6.17. The fourth-order valence-electron chi connectivity index (χ4n) is 3.70. The monoisotopic (exact) mass is 307 g/mol. The van der Waals surface area contributed by atoms with Gasteiger partial charge in [-0.3, -0.25) is 0 Å². The van der Waals surface area contributed by atoms with Gasteiger partial charge >= 0.3 is 0 Å². The van der Waals surface area contributed by atoms with Crippen LogP contribution in [-0.2, 0) is 4.43 Å². The Morgan fingerprint density at radius 1 is 1.19 bits per heavy atom. The van der Waals surface area contributed by atoms with Crippen LogP contribution in [0.1, 0.15) is 72.1 Å². The third-order valence-corrected chi connectivity index (χ3v) is 9.44. The topological polar surface area (TPSA) is 33.0 Å². The molecule has 1 atom stereocenters. The Hall–Kier alpha value is -0.753. The molecule has 0 aromatic heterocycles. The van der Waals surface area contributed by atoms with Crippen molar-refractivity contribution in [2.45, 2.75) is 90.3 Å². The van der Waals surface area contributed by atoms with E-state index in [1.165, 1.54) is 56.0 Å². The van der Waals surface area contributed by atoms with Crippen molar-refractivity contribution in [2.24, 2.45) is 5.92 Å². The quantitative estimate of drug-likeness (QED) is 0.452. The van der Waals surface area contributed by atoms with Gasteiger partial charge in [-0.2, -0.15) is 5.26 Å². The molecule has 120 valence electrons. The van der Waals surface area contributed by atoms with Gasteiger partial charge in [-0.25, -0.2) is 0 Å². The van der Waals surface area contributed by atoms with Crippen molar-refractivity contribution in [1.29, 1.82) is 5.26 Å². The zero-order valence-corrected chi connectivity index (χ0v) is 15.3. The lowest BCUT2D eigenvalue weighted by Crippen LogP contribution is -2.37. The first kappa shape index (κ1) is 18.3. The van der Waals surface area contributed by atoms with Crippen LogP contribution in [0.4, 0.5) is 0 Å². The van der Waals surface area contributed by atoms with Crippen LogP contribution in [0, 0.1) is 17.2 Å². The minimum atomic E-state index is -1.58. The van der Waals surface area contributed by atoms with Gasteiger partial charge in [0.1, 0.15) is 0 Å². The van der Waals surface area contributed by atoms with E-state index in [0.717, 1.165) is 12.8 Å². The Bertz CT molecular complexity index is 342. The smallest absolute Gasteiger partial charge is 0.250 e. The van der Waals surface area contributed by atoms with Crippen molar-refractivity contribution in [1.82, 2.24) is 0 Å². The maximum Gasteiger partial charge on any atom is 0.250 e. The normalized spacial score (nSPS) is 19.0. The summed E-state index contributed by atoms with van der Waals surface area (Å²) in [7, 11) is -1.58. The zero-order chi connectivity index (χ0) is 15.6. The second-order valence-electron chi connectivity index (χ2n) is 6.52. The number of hydrogen-bond donors (Lipinski definition) is 0. The molecule has 0 saturated carbocycles. The van der Waals surface area contributed by atoms with Crippen molar-refractivity contribution < 1.29 is 4.43 Å². The van der Waals surface area contributed by atoms with Crippen LogP contribution in [0.25, 0.3) is 0 Å². The maximum atomic E-state index is 8.76. The van der Waals surface area contributed by atoms with E-state index < -0.39 is 8.32 Å². The molecule has 0 aromatic carbocycles. The predicted molar refractivity (Wildman–Crippen MR) is 92.4 cm³/mol. The summed E-state index contributed by atoms with van der Waals surface area (Å²) in [6, 6.07) is 6.18. The zero-order valence-electron chi connectivity index (χ0n) is 14.3. The highest BCUT2D eigenvalue weighted by molar-refractivity contribution is 6.74. The third-order valence-electron chi connectivity index (χ3n) is 4.51. The van der Waals surface area contributed by atoms with E-state index in [2.05, 4.69) is 32.9 Å². The molecule has 0 heterocycles. The number of nitrogens with zero attached hydrogens (tertiary/aromatic N) is 1. The molecule has 0 amide bonds. The van der Waals surface area contributed by atoms with Crippen LogP contribution in [0.15, 0.2) is 11.8 Å². The van der Waals surface area contributed by atoms with E-state index in [-0.39, 0.29) is 0 Å². The first-order valence-electron chi connectivity index (χ1n) is 8.96. The molecule has 1 aliphatic carbocycles. The minimum Gasteiger partial charge on any atom is -0.547 e. The maximum absolute atomic E-state index is 8.76. The van der Waals surface area contributed by atoms with Crippen LogP contribution < -0.4 is 0 Å². The highest BCUT2D eigenvalue weighted by Crippen LogP contribution is 2.34. The number of rotatable bonds is 10. The van der Waals surface area contributed by atoms with E-state index in [0.29, 0.717) is 12.3 Å². The standard InChI is InChI=1S/C18H33NOSi/c1-4-13-21(14-5-2,15-6-3)20-18-11-7-9-17(16-18)10-8-12-19/h16-17H,4-11,13-15H2,1-3H3. The van der Waals surface area contributed by atoms with Gasteiger partial charge in [0.25, 0.3) is 8.32 Å². The lowest BCUT2D eigenvalue weighted by molar-refractivity contribution is 0.339. The van der Waals surface area contributed by atoms with Crippen molar-refractivity contribution in [3.8, 4) is 6.07 Å². The van der Waals surface area contributed by atoms with Gasteiger partial charge in [-0.05, 0) is 49.4 Å². The van der Waals surface area contributed by atoms with Crippen molar-refractivity contribution >= 4 is 8.32 Å². The van der Waals surface area contributed by atoms with E-state index >= 15 is 0 Å². The van der Waals surface area contributed by atoms with E-state index in [4.69, 9.17) is 9.69 Å². The summed E-state index contributed by atoms with van der Waals surface area (Å²) in [4.78, 5) is 0. The fraction of sp³-hybridized carbons (Fsp3) is 0.833. The molecule has 2 nitrogen and oxygen atoms in total. The van der Waals surface area contributed by atoms with Gasteiger partial charge in [0.2, 0.25) is 0 Å². The molecule has 0 radical (unpaired) electrons. The Balaban J connectivity index is 2.75. The summed E-state index contributed by atoms with van der Waals surface area (Å²) in [5.41, 5.74) is 0. The van der Waals surface area contributed by atoms with Gasteiger partial charge in [0, 0.05) is 12.8 Å². The Morgan fingerprint density at radius 3 is 2.33 bits per heavy atom. The van der Waals surface area contributed by atoms with Gasteiger partial charge in [0.05, 0.1) is 11.8 Å². The number of nitriles is 1. The van der Waals surface area contributed by atoms with Crippen LogP contribution >= 0.6 is 0 Å². The van der Waals surface area contributed by atoms with E-state index in [9.17, 15) is 0 Å². The van der Waals surface area contributed by atoms with Crippen LogP contribution in [-0.4, -0.2) is 8.32 Å². The Labute approximate surface area is 132 Å².